The number of carbonyl (C=O) groups is 2. The summed E-state index contributed by atoms with van der Waals surface area (Å²) in [7, 11) is 0. The lowest BCUT2D eigenvalue weighted by Gasteiger charge is -2.20. The van der Waals surface area contributed by atoms with Gasteiger partial charge in [0.25, 0.3) is 0 Å². The van der Waals surface area contributed by atoms with Crippen LogP contribution in [-0.4, -0.2) is 22.2 Å². The molecule has 1 amide bonds. The van der Waals surface area contributed by atoms with Crippen molar-refractivity contribution in [3.8, 4) is 11.3 Å². The largest absolute Gasteiger partial charge is 0.443 e. The van der Waals surface area contributed by atoms with Crippen molar-refractivity contribution in [2.75, 3.05) is 5.32 Å². The van der Waals surface area contributed by atoms with Gasteiger partial charge in [0, 0.05) is 17.4 Å². The summed E-state index contributed by atoms with van der Waals surface area (Å²) < 4.78 is 6.88. The molecule has 0 aliphatic carbocycles. The number of rotatable bonds is 1. The Bertz CT molecular complexity index is 754. The first-order valence-electron chi connectivity index (χ1n) is 7.17. The molecular formula is C17H18N2O3. The van der Waals surface area contributed by atoms with Crippen LogP contribution in [0.4, 0.5) is 10.5 Å². The fraction of sp³-hybridized carbons (Fsp3) is 0.294. The standard InChI is InChI=1S/C17H18N2O3/c1-17(2,3)22-16(21)19-8-4-5-14(19)12-7-6-11-10-15(20)18-13(11)9-12/h4-9H,10H2,1-3H3,(H,18,20). The molecule has 0 fully saturated rings. The van der Waals surface area contributed by atoms with Gasteiger partial charge >= 0.3 is 6.09 Å². The molecule has 1 aliphatic heterocycles. The van der Waals surface area contributed by atoms with E-state index in [-0.39, 0.29) is 5.91 Å². The molecule has 1 N–H and O–H groups in total. The second kappa shape index (κ2) is 5.02. The number of anilines is 1. The molecule has 0 saturated heterocycles. The van der Waals surface area contributed by atoms with E-state index in [4.69, 9.17) is 4.74 Å². The van der Waals surface area contributed by atoms with Crippen molar-refractivity contribution >= 4 is 17.7 Å². The molecule has 0 atom stereocenters. The molecule has 114 valence electrons. The first-order valence-corrected chi connectivity index (χ1v) is 7.17. The van der Waals surface area contributed by atoms with Crippen molar-refractivity contribution in [2.24, 2.45) is 0 Å². The summed E-state index contributed by atoms with van der Waals surface area (Å²) in [5.41, 5.74) is 2.82. The maximum atomic E-state index is 12.3. The quantitative estimate of drug-likeness (QED) is 0.877. The van der Waals surface area contributed by atoms with Gasteiger partial charge in [-0.05, 0) is 44.5 Å². The number of hydrogen-bond acceptors (Lipinski definition) is 3. The number of carbonyl (C=O) groups excluding carboxylic acids is 2. The number of hydrogen-bond donors (Lipinski definition) is 1. The molecule has 1 aliphatic rings. The van der Waals surface area contributed by atoms with E-state index in [0.29, 0.717) is 6.42 Å². The van der Waals surface area contributed by atoms with Gasteiger partial charge in [-0.2, -0.15) is 0 Å². The van der Waals surface area contributed by atoms with Gasteiger partial charge in [-0.25, -0.2) is 4.79 Å². The van der Waals surface area contributed by atoms with Crippen LogP contribution in [0.25, 0.3) is 11.3 Å². The molecule has 0 bridgehead atoms. The minimum Gasteiger partial charge on any atom is -0.443 e. The topological polar surface area (TPSA) is 60.3 Å². The average Bonchev–Trinajstić information content (AvgIpc) is 2.99. The summed E-state index contributed by atoms with van der Waals surface area (Å²) in [6.45, 7) is 5.50. The number of fused-ring (bicyclic) bond motifs is 1. The molecule has 1 aromatic carbocycles. The number of ether oxygens (including phenoxy) is 1. The molecule has 0 spiro atoms. The van der Waals surface area contributed by atoms with Gasteiger partial charge in [0.05, 0.1) is 12.1 Å². The minimum atomic E-state index is -0.551. The molecule has 2 heterocycles. The van der Waals surface area contributed by atoms with E-state index in [1.54, 1.807) is 12.3 Å². The van der Waals surface area contributed by atoms with Gasteiger partial charge in [0.15, 0.2) is 0 Å². The molecule has 1 aromatic heterocycles. The zero-order valence-electron chi connectivity index (χ0n) is 12.8. The Labute approximate surface area is 128 Å². The molecule has 3 rings (SSSR count). The number of nitrogens with one attached hydrogen (secondary N) is 1. The van der Waals surface area contributed by atoms with E-state index in [9.17, 15) is 9.59 Å². The maximum absolute atomic E-state index is 12.3. The van der Waals surface area contributed by atoms with E-state index in [1.165, 1.54) is 4.57 Å². The Morgan fingerprint density at radius 3 is 2.77 bits per heavy atom. The van der Waals surface area contributed by atoms with Crippen LogP contribution < -0.4 is 5.32 Å². The predicted octanol–water partition coefficient (Wildman–Crippen LogP) is 3.43. The molecule has 5 nitrogen and oxygen atoms in total. The Morgan fingerprint density at radius 1 is 1.27 bits per heavy atom. The van der Waals surface area contributed by atoms with Crippen LogP contribution in [0, 0.1) is 0 Å². The van der Waals surface area contributed by atoms with Gasteiger partial charge in [-0.15, -0.1) is 0 Å². The van der Waals surface area contributed by atoms with Gasteiger partial charge in [0.1, 0.15) is 5.60 Å². The van der Waals surface area contributed by atoms with E-state index < -0.39 is 11.7 Å². The van der Waals surface area contributed by atoms with Gasteiger partial charge in [-0.3, -0.25) is 9.36 Å². The third-order valence-electron chi connectivity index (χ3n) is 3.37. The van der Waals surface area contributed by atoms with Crippen molar-refractivity contribution in [1.82, 2.24) is 4.57 Å². The third kappa shape index (κ3) is 2.74. The van der Waals surface area contributed by atoms with Crippen LogP contribution in [0.2, 0.25) is 0 Å². The Morgan fingerprint density at radius 2 is 2.05 bits per heavy atom. The summed E-state index contributed by atoms with van der Waals surface area (Å²) in [6, 6.07) is 9.36. The van der Waals surface area contributed by atoms with Crippen LogP contribution in [-0.2, 0) is 16.0 Å². The fourth-order valence-electron chi connectivity index (χ4n) is 2.46. The summed E-state index contributed by atoms with van der Waals surface area (Å²) in [6.07, 6.45) is 1.66. The van der Waals surface area contributed by atoms with Crippen molar-refractivity contribution < 1.29 is 14.3 Å². The van der Waals surface area contributed by atoms with E-state index >= 15 is 0 Å². The Balaban J connectivity index is 1.94. The van der Waals surface area contributed by atoms with Crippen LogP contribution in [0.3, 0.4) is 0 Å². The van der Waals surface area contributed by atoms with Crippen LogP contribution >= 0.6 is 0 Å². The second-order valence-electron chi connectivity index (χ2n) is 6.34. The van der Waals surface area contributed by atoms with Crippen LogP contribution in [0.15, 0.2) is 36.5 Å². The molecule has 0 unspecified atom stereocenters. The van der Waals surface area contributed by atoms with E-state index in [1.807, 2.05) is 45.0 Å². The highest BCUT2D eigenvalue weighted by Crippen LogP contribution is 2.30. The molecular weight excluding hydrogens is 280 g/mol. The lowest BCUT2D eigenvalue weighted by Crippen LogP contribution is -2.27. The Hall–Kier alpha value is -2.56. The fourth-order valence-corrected chi connectivity index (χ4v) is 2.46. The highest BCUT2D eigenvalue weighted by molar-refractivity contribution is 6.00. The highest BCUT2D eigenvalue weighted by atomic mass is 16.6. The molecule has 22 heavy (non-hydrogen) atoms. The number of aromatic nitrogens is 1. The number of amides is 1. The monoisotopic (exact) mass is 298 g/mol. The van der Waals surface area contributed by atoms with Crippen LogP contribution in [0.5, 0.6) is 0 Å². The highest BCUT2D eigenvalue weighted by Gasteiger charge is 2.21. The lowest BCUT2D eigenvalue weighted by molar-refractivity contribution is -0.115. The van der Waals surface area contributed by atoms with Gasteiger partial charge < -0.3 is 10.1 Å². The predicted molar refractivity (Wildman–Crippen MR) is 83.8 cm³/mol. The van der Waals surface area contributed by atoms with Gasteiger partial charge in [-0.1, -0.05) is 12.1 Å². The summed E-state index contributed by atoms with van der Waals surface area (Å²) >= 11 is 0. The molecule has 5 heteroatoms. The number of benzene rings is 1. The normalized spacial score (nSPS) is 13.7. The average molecular weight is 298 g/mol. The van der Waals surface area contributed by atoms with Crippen molar-refractivity contribution in [1.29, 1.82) is 0 Å². The SMILES string of the molecule is CC(C)(C)OC(=O)n1cccc1-c1ccc2c(c1)NC(=O)C2. The van der Waals surface area contributed by atoms with Crippen molar-refractivity contribution in [3.05, 3.63) is 42.1 Å². The zero-order chi connectivity index (χ0) is 15.9. The van der Waals surface area contributed by atoms with Crippen LogP contribution in [0.1, 0.15) is 26.3 Å². The summed E-state index contributed by atoms with van der Waals surface area (Å²) in [5, 5.41) is 2.82. The summed E-state index contributed by atoms with van der Waals surface area (Å²) in [4.78, 5) is 23.7. The third-order valence-corrected chi connectivity index (χ3v) is 3.37. The number of nitrogens with zero attached hydrogens (tertiary/aromatic N) is 1. The lowest BCUT2D eigenvalue weighted by atomic mass is 10.1. The Kier molecular flexibility index (Phi) is 3.28. The summed E-state index contributed by atoms with van der Waals surface area (Å²) in [5.74, 6) is -0.00493. The smallest absolute Gasteiger partial charge is 0.418 e. The van der Waals surface area contributed by atoms with Gasteiger partial charge in [0.2, 0.25) is 5.91 Å². The van der Waals surface area contributed by atoms with E-state index in [0.717, 1.165) is 22.5 Å². The van der Waals surface area contributed by atoms with Crippen molar-refractivity contribution in [3.63, 3.8) is 0 Å². The maximum Gasteiger partial charge on any atom is 0.418 e. The first-order chi connectivity index (χ1) is 10.3. The van der Waals surface area contributed by atoms with E-state index in [2.05, 4.69) is 5.32 Å². The first kappa shape index (κ1) is 14.4. The molecule has 0 radical (unpaired) electrons. The molecule has 2 aromatic rings. The molecule has 0 saturated carbocycles. The zero-order valence-corrected chi connectivity index (χ0v) is 12.8. The minimum absolute atomic E-state index is 0.00493. The van der Waals surface area contributed by atoms with Crippen molar-refractivity contribution in [2.45, 2.75) is 32.8 Å². The second-order valence-corrected chi connectivity index (χ2v) is 6.34.